The summed E-state index contributed by atoms with van der Waals surface area (Å²) in [5.74, 6) is -0.235. The quantitative estimate of drug-likeness (QED) is 0.382. The van der Waals surface area contributed by atoms with Crippen molar-refractivity contribution in [1.82, 2.24) is 10.2 Å². The Bertz CT molecular complexity index is 1150. The van der Waals surface area contributed by atoms with Crippen LogP contribution in [0, 0.1) is 0 Å². The van der Waals surface area contributed by atoms with Crippen molar-refractivity contribution in [2.24, 2.45) is 0 Å². The molecule has 1 saturated heterocycles. The standard InChI is InChI=1S/C28H28Cl2N2O4/c29-22-14-12-20(13-15-22)18-32(26(33)19-36-25-11-5-4-10-24(25)30)27(21-7-2-1-3-8-21)28(34)31-17-23-9-6-16-35-23/h1-5,7-8,10-15,23,27H,6,9,16-19H2,(H,31,34)/t23-,27+/m0/s1. The molecule has 2 atom stereocenters. The van der Waals surface area contributed by atoms with Crippen LogP contribution >= 0.6 is 23.2 Å². The number of hydrogen-bond donors (Lipinski definition) is 1. The number of carbonyl (C=O) groups excluding carboxylic acids is 2. The highest BCUT2D eigenvalue weighted by Gasteiger charge is 2.32. The first-order chi connectivity index (χ1) is 17.5. The Balaban J connectivity index is 1.61. The summed E-state index contributed by atoms with van der Waals surface area (Å²) >= 11 is 12.3. The van der Waals surface area contributed by atoms with Gasteiger partial charge in [0.25, 0.3) is 5.91 Å². The zero-order valence-electron chi connectivity index (χ0n) is 19.7. The largest absolute Gasteiger partial charge is 0.482 e. The Labute approximate surface area is 221 Å². The van der Waals surface area contributed by atoms with Gasteiger partial charge in [0.05, 0.1) is 11.1 Å². The van der Waals surface area contributed by atoms with Crippen molar-refractivity contribution in [3.63, 3.8) is 0 Å². The topological polar surface area (TPSA) is 67.9 Å². The van der Waals surface area contributed by atoms with Crippen LogP contribution in [0.1, 0.15) is 30.0 Å². The third-order valence-corrected chi connectivity index (χ3v) is 6.54. The van der Waals surface area contributed by atoms with E-state index in [-0.39, 0.29) is 31.1 Å². The highest BCUT2D eigenvalue weighted by Crippen LogP contribution is 2.27. The number of nitrogens with one attached hydrogen (secondary N) is 1. The molecule has 6 nitrogen and oxygen atoms in total. The molecule has 0 aliphatic carbocycles. The van der Waals surface area contributed by atoms with E-state index < -0.39 is 6.04 Å². The smallest absolute Gasteiger partial charge is 0.261 e. The molecule has 0 spiro atoms. The van der Waals surface area contributed by atoms with Crippen LogP contribution in [0.15, 0.2) is 78.9 Å². The predicted molar refractivity (Wildman–Crippen MR) is 140 cm³/mol. The first-order valence-corrected chi connectivity index (χ1v) is 12.6. The Hall–Kier alpha value is -3.06. The van der Waals surface area contributed by atoms with Crippen LogP contribution in [0.3, 0.4) is 0 Å². The van der Waals surface area contributed by atoms with Crippen molar-refractivity contribution in [3.05, 3.63) is 100 Å². The van der Waals surface area contributed by atoms with Crippen molar-refractivity contribution in [1.29, 1.82) is 0 Å². The van der Waals surface area contributed by atoms with Gasteiger partial charge in [-0.3, -0.25) is 9.59 Å². The summed E-state index contributed by atoms with van der Waals surface area (Å²) in [5.41, 5.74) is 1.53. The average Bonchev–Trinajstić information content (AvgIpc) is 3.42. The molecule has 1 aliphatic heterocycles. The van der Waals surface area contributed by atoms with E-state index in [0.29, 0.717) is 34.5 Å². The Kier molecular flexibility index (Phi) is 9.23. The van der Waals surface area contributed by atoms with Gasteiger partial charge in [-0.05, 0) is 48.2 Å². The van der Waals surface area contributed by atoms with Crippen molar-refractivity contribution in [3.8, 4) is 5.75 Å². The van der Waals surface area contributed by atoms with Crippen LogP contribution in [0.2, 0.25) is 10.0 Å². The summed E-state index contributed by atoms with van der Waals surface area (Å²) in [5, 5.41) is 3.99. The molecule has 188 valence electrons. The first-order valence-electron chi connectivity index (χ1n) is 11.9. The molecule has 0 saturated carbocycles. The lowest BCUT2D eigenvalue weighted by atomic mass is 10.0. The summed E-state index contributed by atoms with van der Waals surface area (Å²) in [6, 6.07) is 22.5. The summed E-state index contributed by atoms with van der Waals surface area (Å²) in [4.78, 5) is 28.7. The zero-order chi connectivity index (χ0) is 25.3. The van der Waals surface area contributed by atoms with Crippen molar-refractivity contribution < 1.29 is 19.1 Å². The van der Waals surface area contributed by atoms with Gasteiger partial charge in [0, 0.05) is 24.7 Å². The summed E-state index contributed by atoms with van der Waals surface area (Å²) in [6.45, 7) is 0.999. The van der Waals surface area contributed by atoms with Gasteiger partial charge < -0.3 is 19.7 Å². The number of amides is 2. The fraction of sp³-hybridized carbons (Fsp3) is 0.286. The minimum absolute atomic E-state index is 0.0191. The molecule has 8 heteroatoms. The molecule has 0 aromatic heterocycles. The minimum atomic E-state index is -0.870. The molecule has 2 amide bonds. The van der Waals surface area contributed by atoms with Crippen molar-refractivity contribution in [2.75, 3.05) is 19.8 Å². The normalized spacial score (nSPS) is 15.8. The maximum absolute atomic E-state index is 13.6. The fourth-order valence-electron chi connectivity index (χ4n) is 4.12. The van der Waals surface area contributed by atoms with Gasteiger partial charge in [0.2, 0.25) is 5.91 Å². The fourth-order valence-corrected chi connectivity index (χ4v) is 4.44. The molecule has 1 aliphatic rings. The first kappa shape index (κ1) is 26.0. The van der Waals surface area contributed by atoms with Crippen molar-refractivity contribution >= 4 is 35.0 Å². The number of benzene rings is 3. The van der Waals surface area contributed by atoms with Crippen LogP contribution < -0.4 is 10.1 Å². The molecule has 3 aromatic rings. The van der Waals surface area contributed by atoms with Gasteiger partial charge in [0.15, 0.2) is 6.61 Å². The van der Waals surface area contributed by atoms with Crippen LogP contribution in [0.5, 0.6) is 5.75 Å². The highest BCUT2D eigenvalue weighted by atomic mass is 35.5. The van der Waals surface area contributed by atoms with E-state index in [2.05, 4.69) is 5.32 Å². The number of ether oxygens (including phenoxy) is 2. The lowest BCUT2D eigenvalue weighted by Gasteiger charge is -2.32. The van der Waals surface area contributed by atoms with Crippen LogP contribution in [-0.4, -0.2) is 42.6 Å². The molecule has 1 heterocycles. The maximum atomic E-state index is 13.6. The van der Waals surface area contributed by atoms with Gasteiger partial charge in [-0.25, -0.2) is 0 Å². The predicted octanol–water partition coefficient (Wildman–Crippen LogP) is 5.44. The molecule has 36 heavy (non-hydrogen) atoms. The van der Waals surface area contributed by atoms with E-state index in [0.717, 1.165) is 18.4 Å². The molecule has 4 rings (SSSR count). The number of halogens is 2. The van der Waals surface area contributed by atoms with Gasteiger partial charge in [-0.15, -0.1) is 0 Å². The SMILES string of the molecule is O=C(NC[C@@H]1CCCO1)[C@@H](c1ccccc1)N(Cc1ccc(Cl)cc1)C(=O)COc1ccccc1Cl. The molecule has 0 unspecified atom stereocenters. The third kappa shape index (κ3) is 7.00. The zero-order valence-corrected chi connectivity index (χ0v) is 21.3. The van der Waals surface area contributed by atoms with Gasteiger partial charge in [-0.1, -0.05) is 77.8 Å². The summed E-state index contributed by atoms with van der Waals surface area (Å²) in [7, 11) is 0. The number of rotatable bonds is 10. The number of carbonyl (C=O) groups is 2. The van der Waals surface area contributed by atoms with Gasteiger partial charge in [-0.2, -0.15) is 0 Å². The molecule has 1 N–H and O–H groups in total. The Morgan fingerprint density at radius 3 is 2.42 bits per heavy atom. The van der Waals surface area contributed by atoms with E-state index in [1.165, 1.54) is 4.90 Å². The number of para-hydroxylation sites is 1. The number of nitrogens with zero attached hydrogens (tertiary/aromatic N) is 1. The Morgan fingerprint density at radius 2 is 1.72 bits per heavy atom. The molecular formula is C28H28Cl2N2O4. The van der Waals surface area contributed by atoms with Gasteiger partial charge in [0.1, 0.15) is 11.8 Å². The molecule has 0 bridgehead atoms. The molecule has 0 radical (unpaired) electrons. The minimum Gasteiger partial charge on any atom is -0.482 e. The summed E-state index contributed by atoms with van der Waals surface area (Å²) in [6.07, 6.45) is 1.85. The van der Waals surface area contributed by atoms with Crippen molar-refractivity contribution in [2.45, 2.75) is 31.5 Å². The average molecular weight is 527 g/mol. The van der Waals surface area contributed by atoms with E-state index in [9.17, 15) is 9.59 Å². The molecular weight excluding hydrogens is 499 g/mol. The third-order valence-electron chi connectivity index (χ3n) is 5.98. The van der Waals surface area contributed by atoms with Crippen LogP contribution in [-0.2, 0) is 20.9 Å². The van der Waals surface area contributed by atoms with Gasteiger partial charge >= 0.3 is 0 Å². The second-order valence-corrected chi connectivity index (χ2v) is 9.40. The Morgan fingerprint density at radius 1 is 1.00 bits per heavy atom. The second kappa shape index (κ2) is 12.8. The lowest BCUT2D eigenvalue weighted by molar-refractivity contribution is -0.143. The van der Waals surface area contributed by atoms with E-state index in [4.69, 9.17) is 32.7 Å². The van der Waals surface area contributed by atoms with E-state index >= 15 is 0 Å². The monoisotopic (exact) mass is 526 g/mol. The highest BCUT2D eigenvalue weighted by molar-refractivity contribution is 6.32. The molecule has 3 aromatic carbocycles. The molecule has 1 fully saturated rings. The van der Waals surface area contributed by atoms with E-state index in [1.54, 1.807) is 36.4 Å². The van der Waals surface area contributed by atoms with Crippen LogP contribution in [0.4, 0.5) is 0 Å². The maximum Gasteiger partial charge on any atom is 0.261 e. The summed E-state index contributed by atoms with van der Waals surface area (Å²) < 4.78 is 11.4. The lowest BCUT2D eigenvalue weighted by Crippen LogP contribution is -2.46. The van der Waals surface area contributed by atoms with Crippen LogP contribution in [0.25, 0.3) is 0 Å². The van der Waals surface area contributed by atoms with E-state index in [1.807, 2.05) is 42.5 Å². The number of hydrogen-bond acceptors (Lipinski definition) is 4. The second-order valence-electron chi connectivity index (χ2n) is 8.56.